The molecule has 29 heavy (non-hydrogen) atoms. The third-order valence-corrected chi connectivity index (χ3v) is 6.75. The number of hydrogen-bond donors (Lipinski definition) is 2. The molecule has 1 fully saturated rings. The number of ether oxygens (including phenoxy) is 1. The van der Waals surface area contributed by atoms with Crippen LogP contribution in [0.5, 0.6) is 5.75 Å². The smallest absolute Gasteiger partial charge is 0.254 e. The number of carbonyl (C=O) groups excluding carboxylic acids is 2. The van der Waals surface area contributed by atoms with E-state index in [1.165, 1.54) is 26.3 Å². The molecule has 8 nitrogen and oxygen atoms in total. The number of carbonyl (C=O) groups is 2. The molecule has 2 amide bonds. The lowest BCUT2D eigenvalue weighted by Crippen LogP contribution is -2.49. The topological polar surface area (TPSA) is 105 Å². The standard InChI is InChI=1S/C20H31N3O5S/c1-5-6-11-22-19(24)16-8-7-14(2)23(13-16)20(25)15-9-10-17(28-4)18(12-15)29(26,27)21-3/h9-10,12,14,16,21H,5-8,11,13H2,1-4H3,(H,22,24). The van der Waals surface area contributed by atoms with E-state index >= 15 is 0 Å². The largest absolute Gasteiger partial charge is 0.495 e. The number of piperidine rings is 1. The third-order valence-electron chi connectivity index (χ3n) is 5.31. The first-order chi connectivity index (χ1) is 13.7. The van der Waals surface area contributed by atoms with Crippen LogP contribution in [0.1, 0.15) is 49.9 Å². The van der Waals surface area contributed by atoms with E-state index in [1.54, 1.807) is 11.0 Å². The van der Waals surface area contributed by atoms with Gasteiger partial charge < -0.3 is 15.0 Å². The van der Waals surface area contributed by atoms with Gasteiger partial charge in [0, 0.05) is 24.7 Å². The SMILES string of the molecule is CCCCNC(=O)C1CCC(C)N(C(=O)c2ccc(OC)c(S(=O)(=O)NC)c2)C1. The van der Waals surface area contributed by atoms with Gasteiger partial charge >= 0.3 is 0 Å². The highest BCUT2D eigenvalue weighted by Gasteiger charge is 2.33. The zero-order chi connectivity index (χ0) is 21.6. The van der Waals surface area contributed by atoms with Gasteiger partial charge in [-0.25, -0.2) is 13.1 Å². The van der Waals surface area contributed by atoms with Crippen molar-refractivity contribution in [1.29, 1.82) is 0 Å². The van der Waals surface area contributed by atoms with Crippen LogP contribution in [0.15, 0.2) is 23.1 Å². The van der Waals surface area contributed by atoms with Crippen LogP contribution in [-0.2, 0) is 14.8 Å². The first-order valence-corrected chi connectivity index (χ1v) is 11.4. The van der Waals surface area contributed by atoms with Crippen molar-refractivity contribution in [3.63, 3.8) is 0 Å². The van der Waals surface area contributed by atoms with Crippen LogP contribution >= 0.6 is 0 Å². The highest BCUT2D eigenvalue weighted by molar-refractivity contribution is 7.89. The van der Waals surface area contributed by atoms with Crippen molar-refractivity contribution in [2.75, 3.05) is 27.2 Å². The highest BCUT2D eigenvalue weighted by Crippen LogP contribution is 2.28. The summed E-state index contributed by atoms with van der Waals surface area (Å²) in [5, 5.41) is 2.94. The molecule has 1 aromatic rings. The van der Waals surface area contributed by atoms with Gasteiger partial charge in [0.2, 0.25) is 15.9 Å². The van der Waals surface area contributed by atoms with Crippen LogP contribution in [0.4, 0.5) is 0 Å². The minimum Gasteiger partial charge on any atom is -0.495 e. The fourth-order valence-electron chi connectivity index (χ4n) is 3.43. The van der Waals surface area contributed by atoms with E-state index in [9.17, 15) is 18.0 Å². The lowest BCUT2D eigenvalue weighted by atomic mass is 9.92. The van der Waals surface area contributed by atoms with E-state index in [-0.39, 0.29) is 40.0 Å². The summed E-state index contributed by atoms with van der Waals surface area (Å²) >= 11 is 0. The van der Waals surface area contributed by atoms with Crippen LogP contribution in [-0.4, -0.2) is 58.4 Å². The summed E-state index contributed by atoms with van der Waals surface area (Å²) in [6, 6.07) is 4.31. The fourth-order valence-corrected chi connectivity index (χ4v) is 4.35. The molecular formula is C20H31N3O5S. The lowest BCUT2D eigenvalue weighted by Gasteiger charge is -2.37. The molecule has 1 aromatic carbocycles. The number of hydrogen-bond acceptors (Lipinski definition) is 5. The number of amides is 2. The van der Waals surface area contributed by atoms with E-state index in [0.717, 1.165) is 25.7 Å². The molecule has 0 aliphatic carbocycles. The molecule has 2 N–H and O–H groups in total. The maximum absolute atomic E-state index is 13.1. The Morgan fingerprint density at radius 1 is 1.28 bits per heavy atom. The first-order valence-electron chi connectivity index (χ1n) is 9.95. The van der Waals surface area contributed by atoms with Crippen molar-refractivity contribution in [3.8, 4) is 5.75 Å². The Bertz CT molecular complexity index is 841. The molecule has 9 heteroatoms. The van der Waals surface area contributed by atoms with Crippen molar-refractivity contribution in [2.45, 2.75) is 50.5 Å². The maximum atomic E-state index is 13.1. The summed E-state index contributed by atoms with van der Waals surface area (Å²) in [5.41, 5.74) is 0.249. The molecule has 162 valence electrons. The number of sulfonamides is 1. The Hall–Kier alpha value is -2.13. The average Bonchev–Trinajstić information content (AvgIpc) is 2.73. The Morgan fingerprint density at radius 3 is 2.62 bits per heavy atom. The van der Waals surface area contributed by atoms with Crippen LogP contribution in [0.2, 0.25) is 0 Å². The zero-order valence-corrected chi connectivity index (χ0v) is 18.3. The molecule has 0 radical (unpaired) electrons. The highest BCUT2D eigenvalue weighted by atomic mass is 32.2. The van der Waals surface area contributed by atoms with E-state index < -0.39 is 10.0 Å². The van der Waals surface area contributed by atoms with E-state index in [2.05, 4.69) is 17.0 Å². The number of nitrogens with one attached hydrogen (secondary N) is 2. The van der Waals surface area contributed by atoms with Crippen molar-refractivity contribution in [1.82, 2.24) is 14.9 Å². The number of likely N-dealkylation sites (tertiary alicyclic amines) is 1. The van der Waals surface area contributed by atoms with Gasteiger partial charge in [0.05, 0.1) is 13.0 Å². The predicted molar refractivity (Wildman–Crippen MR) is 110 cm³/mol. The van der Waals surface area contributed by atoms with Gasteiger partial charge in [0.15, 0.2) is 0 Å². The molecule has 2 atom stereocenters. The molecule has 0 aromatic heterocycles. The number of benzene rings is 1. The monoisotopic (exact) mass is 425 g/mol. The van der Waals surface area contributed by atoms with Crippen LogP contribution < -0.4 is 14.8 Å². The van der Waals surface area contributed by atoms with Crippen molar-refractivity contribution in [3.05, 3.63) is 23.8 Å². The van der Waals surface area contributed by atoms with Crippen molar-refractivity contribution < 1.29 is 22.7 Å². The summed E-state index contributed by atoms with van der Waals surface area (Å²) in [5.74, 6) is -0.420. The Kier molecular flexibility index (Phi) is 8.04. The van der Waals surface area contributed by atoms with Crippen molar-refractivity contribution in [2.24, 2.45) is 5.92 Å². The molecule has 0 saturated carbocycles. The molecular weight excluding hydrogens is 394 g/mol. The molecule has 1 aliphatic rings. The Morgan fingerprint density at radius 2 is 2.00 bits per heavy atom. The van der Waals surface area contributed by atoms with Crippen LogP contribution in [0.25, 0.3) is 0 Å². The van der Waals surface area contributed by atoms with Crippen LogP contribution in [0, 0.1) is 5.92 Å². The van der Waals surface area contributed by atoms with Crippen molar-refractivity contribution >= 4 is 21.8 Å². The quantitative estimate of drug-likeness (QED) is 0.618. The van der Waals surface area contributed by atoms with E-state index in [1.807, 2.05) is 6.92 Å². The fraction of sp³-hybridized carbons (Fsp3) is 0.600. The van der Waals surface area contributed by atoms with E-state index in [4.69, 9.17) is 4.74 Å². The molecule has 2 rings (SSSR count). The molecule has 0 bridgehead atoms. The third kappa shape index (κ3) is 5.48. The number of rotatable bonds is 8. The number of nitrogens with zero attached hydrogens (tertiary/aromatic N) is 1. The Labute approximate surface area is 173 Å². The van der Waals surface area contributed by atoms with Crippen LogP contribution in [0.3, 0.4) is 0 Å². The zero-order valence-electron chi connectivity index (χ0n) is 17.5. The second-order valence-electron chi connectivity index (χ2n) is 7.30. The number of methoxy groups -OCH3 is 1. The molecule has 1 heterocycles. The van der Waals surface area contributed by atoms with E-state index in [0.29, 0.717) is 13.1 Å². The number of unbranched alkanes of at least 4 members (excludes halogenated alkanes) is 1. The van der Waals surface area contributed by atoms with Gasteiger partial charge in [-0.1, -0.05) is 13.3 Å². The summed E-state index contributed by atoms with van der Waals surface area (Å²) in [6.45, 7) is 4.96. The van der Waals surface area contributed by atoms with Gasteiger partial charge in [0.25, 0.3) is 5.91 Å². The summed E-state index contributed by atoms with van der Waals surface area (Å²) in [7, 11) is -1.11. The lowest BCUT2D eigenvalue weighted by molar-refractivity contribution is -0.126. The minimum absolute atomic E-state index is 0.0312. The second kappa shape index (κ2) is 10.1. The predicted octanol–water partition coefficient (Wildman–Crippen LogP) is 1.76. The molecule has 2 unspecified atom stereocenters. The molecule has 1 saturated heterocycles. The van der Waals surface area contributed by atoms with Gasteiger partial charge in [-0.3, -0.25) is 9.59 Å². The molecule has 1 aliphatic heterocycles. The second-order valence-corrected chi connectivity index (χ2v) is 9.15. The molecule has 0 spiro atoms. The van der Waals surface area contributed by atoms with Gasteiger partial charge in [-0.15, -0.1) is 0 Å². The summed E-state index contributed by atoms with van der Waals surface area (Å²) in [6.07, 6.45) is 3.37. The normalized spacial score (nSPS) is 19.7. The first kappa shape index (κ1) is 23.2. The minimum atomic E-state index is -3.79. The average molecular weight is 426 g/mol. The Balaban J connectivity index is 2.23. The summed E-state index contributed by atoms with van der Waals surface area (Å²) < 4.78 is 32.0. The van der Waals surface area contributed by atoms with Gasteiger partial charge in [-0.2, -0.15) is 0 Å². The maximum Gasteiger partial charge on any atom is 0.254 e. The van der Waals surface area contributed by atoms with Gasteiger partial charge in [-0.05, 0) is 51.4 Å². The van der Waals surface area contributed by atoms with Gasteiger partial charge in [0.1, 0.15) is 10.6 Å². The summed E-state index contributed by atoms with van der Waals surface area (Å²) in [4.78, 5) is 27.2.